The van der Waals surface area contributed by atoms with E-state index in [2.05, 4.69) is 17.2 Å². The number of aromatic nitrogens is 1. The summed E-state index contributed by atoms with van der Waals surface area (Å²) in [6.45, 7) is 9.31. The van der Waals surface area contributed by atoms with Crippen molar-refractivity contribution in [1.29, 1.82) is 0 Å². The van der Waals surface area contributed by atoms with Gasteiger partial charge in [0.15, 0.2) is 0 Å². The second-order valence-electron chi connectivity index (χ2n) is 10.8. The molecular formula is C30H34N4O3S. The number of likely N-dealkylation sites (tertiary alicyclic amines) is 1. The Morgan fingerprint density at radius 1 is 1.13 bits per heavy atom. The fourth-order valence-corrected chi connectivity index (χ4v) is 6.46. The summed E-state index contributed by atoms with van der Waals surface area (Å²) >= 11 is 1.61. The van der Waals surface area contributed by atoms with Crippen molar-refractivity contribution in [2.75, 3.05) is 6.54 Å². The molecule has 1 unspecified atom stereocenters. The van der Waals surface area contributed by atoms with Crippen LogP contribution < -0.4 is 5.32 Å². The summed E-state index contributed by atoms with van der Waals surface area (Å²) < 4.78 is 0. The first-order valence-electron chi connectivity index (χ1n) is 13.2. The summed E-state index contributed by atoms with van der Waals surface area (Å²) in [7, 11) is 0. The average Bonchev–Trinajstić information content (AvgIpc) is 3.60. The van der Waals surface area contributed by atoms with E-state index in [1.165, 1.54) is 0 Å². The van der Waals surface area contributed by atoms with Crippen LogP contribution in [0.25, 0.3) is 10.4 Å². The van der Waals surface area contributed by atoms with Gasteiger partial charge in [0.1, 0.15) is 12.1 Å². The lowest BCUT2D eigenvalue weighted by molar-refractivity contribution is -0.143. The molecule has 0 bridgehead atoms. The third-order valence-electron chi connectivity index (χ3n) is 7.59. The maximum atomic E-state index is 13.9. The van der Waals surface area contributed by atoms with Crippen molar-refractivity contribution in [1.82, 2.24) is 20.1 Å². The lowest BCUT2D eigenvalue weighted by Crippen LogP contribution is -2.55. The average molecular weight is 531 g/mol. The van der Waals surface area contributed by atoms with Crippen LogP contribution in [0.4, 0.5) is 0 Å². The molecule has 0 spiro atoms. The van der Waals surface area contributed by atoms with E-state index in [0.717, 1.165) is 27.3 Å². The van der Waals surface area contributed by atoms with Crippen LogP contribution in [0.5, 0.6) is 0 Å². The molecule has 198 valence electrons. The molecule has 3 aromatic rings. The van der Waals surface area contributed by atoms with Crippen LogP contribution in [-0.2, 0) is 22.7 Å². The van der Waals surface area contributed by atoms with Gasteiger partial charge in [0.2, 0.25) is 11.8 Å². The third-order valence-corrected chi connectivity index (χ3v) is 8.57. The molecule has 0 radical (unpaired) electrons. The Labute approximate surface area is 227 Å². The molecule has 38 heavy (non-hydrogen) atoms. The number of aryl methyl sites for hydroxylation is 1. The van der Waals surface area contributed by atoms with Gasteiger partial charge in [0.25, 0.3) is 5.91 Å². The van der Waals surface area contributed by atoms with Crippen molar-refractivity contribution >= 4 is 29.1 Å². The van der Waals surface area contributed by atoms with Crippen LogP contribution in [-0.4, -0.2) is 51.1 Å². The topological polar surface area (TPSA) is 82.6 Å². The van der Waals surface area contributed by atoms with Gasteiger partial charge < -0.3 is 15.1 Å². The number of rotatable bonds is 7. The molecule has 3 atom stereocenters. The highest BCUT2D eigenvalue weighted by molar-refractivity contribution is 7.13. The summed E-state index contributed by atoms with van der Waals surface area (Å²) in [5.74, 6) is -0.284. The maximum absolute atomic E-state index is 13.9. The standard InChI is InChI=1S/C30H34N4O3S/c1-18(2)26(34-16-23-7-5-6-8-24(23)29(34)36)30(37)33-15-19(3)13-25(33)28(35)31-14-21-9-11-22(12-10-21)27-20(4)32-17-38-27/h5-12,17-19,25-26H,13-16H2,1-4H3,(H,31,35)/t19-,25-,26?/m0/s1. The molecular weight excluding hydrogens is 496 g/mol. The number of carbonyl (C=O) groups is 3. The SMILES string of the molecule is Cc1ncsc1-c1ccc(CNC(=O)[C@@H]2C[C@H](C)CN2C(=O)C(C(C)C)N2Cc3ccccc3C2=O)cc1. The van der Waals surface area contributed by atoms with Gasteiger partial charge in [0, 0.05) is 25.2 Å². The zero-order valence-corrected chi connectivity index (χ0v) is 23.1. The van der Waals surface area contributed by atoms with E-state index in [0.29, 0.717) is 31.6 Å². The molecule has 2 aliphatic rings. The number of thiazole rings is 1. The van der Waals surface area contributed by atoms with Gasteiger partial charge >= 0.3 is 0 Å². The highest BCUT2D eigenvalue weighted by atomic mass is 32.1. The number of nitrogens with one attached hydrogen (secondary N) is 1. The summed E-state index contributed by atoms with van der Waals surface area (Å²) in [6, 6.07) is 14.5. The number of carbonyl (C=O) groups excluding carboxylic acids is 3. The van der Waals surface area contributed by atoms with Gasteiger partial charge in [0.05, 0.1) is 16.1 Å². The van der Waals surface area contributed by atoms with Crippen molar-refractivity contribution in [3.8, 4) is 10.4 Å². The molecule has 3 heterocycles. The van der Waals surface area contributed by atoms with E-state index in [-0.39, 0.29) is 29.6 Å². The van der Waals surface area contributed by atoms with Gasteiger partial charge in [-0.2, -0.15) is 0 Å². The molecule has 3 amide bonds. The molecule has 0 aliphatic carbocycles. The molecule has 7 nitrogen and oxygen atoms in total. The molecule has 2 aliphatic heterocycles. The van der Waals surface area contributed by atoms with Gasteiger partial charge in [-0.1, -0.05) is 63.2 Å². The largest absolute Gasteiger partial charge is 0.350 e. The van der Waals surface area contributed by atoms with Crippen molar-refractivity contribution in [3.05, 3.63) is 76.4 Å². The first-order valence-corrected chi connectivity index (χ1v) is 14.1. The van der Waals surface area contributed by atoms with Crippen LogP contribution in [0.2, 0.25) is 0 Å². The quantitative estimate of drug-likeness (QED) is 0.482. The number of hydrogen-bond acceptors (Lipinski definition) is 5. The molecule has 1 N–H and O–H groups in total. The first-order chi connectivity index (χ1) is 18.2. The normalized spacial score (nSPS) is 19.7. The fourth-order valence-electron chi connectivity index (χ4n) is 5.65. The van der Waals surface area contributed by atoms with Crippen LogP contribution in [0.15, 0.2) is 54.0 Å². The molecule has 5 rings (SSSR count). The van der Waals surface area contributed by atoms with Crippen LogP contribution in [0.3, 0.4) is 0 Å². The number of nitrogens with zero attached hydrogens (tertiary/aromatic N) is 3. The molecule has 0 saturated carbocycles. The Hall–Kier alpha value is -3.52. The Balaban J connectivity index is 1.27. The predicted molar refractivity (Wildman–Crippen MR) is 148 cm³/mol. The summed E-state index contributed by atoms with van der Waals surface area (Å²) in [5, 5.41) is 3.05. The van der Waals surface area contributed by atoms with Crippen LogP contribution in [0, 0.1) is 18.8 Å². The van der Waals surface area contributed by atoms with Crippen molar-refractivity contribution in [3.63, 3.8) is 0 Å². The minimum absolute atomic E-state index is 0.0823. The van der Waals surface area contributed by atoms with E-state index in [1.54, 1.807) is 21.1 Å². The Bertz CT molecular complexity index is 1350. The number of benzene rings is 2. The van der Waals surface area contributed by atoms with Crippen molar-refractivity contribution in [2.45, 2.75) is 59.3 Å². The zero-order chi connectivity index (χ0) is 27.0. The highest BCUT2D eigenvalue weighted by Gasteiger charge is 2.45. The second kappa shape index (κ2) is 10.7. The van der Waals surface area contributed by atoms with Gasteiger partial charge in [-0.15, -0.1) is 11.3 Å². The second-order valence-corrected chi connectivity index (χ2v) is 11.7. The maximum Gasteiger partial charge on any atom is 0.255 e. The third kappa shape index (κ3) is 4.97. The number of hydrogen-bond donors (Lipinski definition) is 1. The van der Waals surface area contributed by atoms with Gasteiger partial charge in [-0.25, -0.2) is 4.98 Å². The number of amides is 3. The van der Waals surface area contributed by atoms with Crippen LogP contribution in [0.1, 0.15) is 54.4 Å². The van der Waals surface area contributed by atoms with E-state index in [4.69, 9.17) is 0 Å². The van der Waals surface area contributed by atoms with E-state index in [9.17, 15) is 14.4 Å². The Morgan fingerprint density at radius 3 is 2.53 bits per heavy atom. The molecule has 1 saturated heterocycles. The summed E-state index contributed by atoms with van der Waals surface area (Å²) in [5.41, 5.74) is 6.56. The van der Waals surface area contributed by atoms with Gasteiger partial charge in [-0.05, 0) is 47.9 Å². The minimum atomic E-state index is -0.613. The lowest BCUT2D eigenvalue weighted by atomic mass is 10.0. The number of fused-ring (bicyclic) bond motifs is 1. The van der Waals surface area contributed by atoms with Crippen molar-refractivity contribution < 1.29 is 14.4 Å². The van der Waals surface area contributed by atoms with E-state index >= 15 is 0 Å². The molecule has 2 aromatic carbocycles. The summed E-state index contributed by atoms with van der Waals surface area (Å²) in [6.07, 6.45) is 0.611. The van der Waals surface area contributed by atoms with Gasteiger partial charge in [-0.3, -0.25) is 14.4 Å². The van der Waals surface area contributed by atoms with Crippen molar-refractivity contribution in [2.24, 2.45) is 11.8 Å². The Morgan fingerprint density at radius 2 is 1.87 bits per heavy atom. The minimum Gasteiger partial charge on any atom is -0.350 e. The first kappa shape index (κ1) is 26.1. The Kier molecular flexibility index (Phi) is 7.34. The monoisotopic (exact) mass is 530 g/mol. The van der Waals surface area contributed by atoms with Crippen LogP contribution >= 0.6 is 11.3 Å². The van der Waals surface area contributed by atoms with E-state index < -0.39 is 12.1 Å². The lowest BCUT2D eigenvalue weighted by Gasteiger charge is -2.35. The highest BCUT2D eigenvalue weighted by Crippen LogP contribution is 2.31. The fraction of sp³-hybridized carbons (Fsp3) is 0.400. The smallest absolute Gasteiger partial charge is 0.255 e. The molecule has 1 aromatic heterocycles. The predicted octanol–water partition coefficient (Wildman–Crippen LogP) is 4.65. The zero-order valence-electron chi connectivity index (χ0n) is 22.3. The van der Waals surface area contributed by atoms with E-state index in [1.807, 2.05) is 74.8 Å². The molecule has 1 fully saturated rings. The summed E-state index contributed by atoms with van der Waals surface area (Å²) in [4.78, 5) is 49.3. The molecule has 8 heteroatoms.